The minimum absolute atomic E-state index is 0.194. The van der Waals surface area contributed by atoms with Crippen LogP contribution < -0.4 is 10.4 Å². The molecule has 1 heterocycles. The molecule has 0 amide bonds. The molecule has 0 aliphatic rings. The van der Waals surface area contributed by atoms with Crippen LogP contribution in [-0.2, 0) is 13.1 Å². The number of benzene rings is 2. The second-order valence-electron chi connectivity index (χ2n) is 10.6. The molecular weight excluding hydrogens is 549 g/mol. The predicted molar refractivity (Wildman–Crippen MR) is 159 cm³/mol. The maximum atomic E-state index is 4.76. The Kier molecular flexibility index (Phi) is 11.1. The first-order valence-corrected chi connectivity index (χ1v) is 21.5. The van der Waals surface area contributed by atoms with Crippen molar-refractivity contribution in [2.75, 3.05) is 0 Å². The number of aromatic nitrogens is 1. The molecule has 1 aromatic heterocycles. The number of hydrogen-bond acceptors (Lipinski definition) is 3. The number of aliphatic imine (C=N–C) groups is 2. The van der Waals surface area contributed by atoms with E-state index in [-0.39, 0.29) is 13.1 Å². The predicted octanol–water partition coefficient (Wildman–Crippen LogP) is 7.67. The number of rotatable bonds is 6. The third-order valence-corrected chi connectivity index (χ3v) is 9.68. The molecule has 0 saturated carbocycles. The zero-order valence-electron chi connectivity index (χ0n) is 21.8. The van der Waals surface area contributed by atoms with E-state index < -0.39 is 16.1 Å². The van der Waals surface area contributed by atoms with Gasteiger partial charge in [0.2, 0.25) is 0 Å². The molecule has 0 radical (unpaired) electrons. The molecule has 0 spiro atoms. The van der Waals surface area contributed by atoms with Gasteiger partial charge in [-0.15, -0.1) is 0 Å². The SMILES string of the molecule is Cc1cc([Si](C)(C)C)ccc1N=Cc1cccc(C=Nc2ccc([Si](C)(C)C)cc2C)n1.[Cl][Fe][Cl]. The average Bonchev–Trinajstić information content (AvgIpc) is 2.77. The molecule has 3 nitrogen and oxygen atoms in total. The number of hydrogen-bond donors (Lipinski definition) is 0. The van der Waals surface area contributed by atoms with Gasteiger partial charge >= 0.3 is 33.3 Å². The molecule has 2 aromatic carbocycles. The van der Waals surface area contributed by atoms with Gasteiger partial charge in [0, 0.05) is 0 Å². The number of pyridine rings is 1. The number of halogens is 2. The van der Waals surface area contributed by atoms with Crippen molar-refractivity contribution in [3.05, 3.63) is 77.1 Å². The fraction of sp³-hybridized carbons (Fsp3) is 0.296. The van der Waals surface area contributed by atoms with Crippen LogP contribution >= 0.6 is 20.2 Å². The summed E-state index contributed by atoms with van der Waals surface area (Å²) in [6.07, 6.45) is 3.67. The van der Waals surface area contributed by atoms with Crippen molar-refractivity contribution >= 4 is 70.5 Å². The molecule has 0 fully saturated rings. The van der Waals surface area contributed by atoms with Gasteiger partial charge in [-0.1, -0.05) is 80.0 Å². The van der Waals surface area contributed by atoms with E-state index in [0.717, 1.165) is 22.8 Å². The molecule has 0 atom stereocenters. The molecule has 0 N–H and O–H groups in total. The first-order chi connectivity index (χ1) is 16.3. The van der Waals surface area contributed by atoms with E-state index in [1.165, 1.54) is 21.5 Å². The van der Waals surface area contributed by atoms with E-state index in [1.807, 2.05) is 30.6 Å². The van der Waals surface area contributed by atoms with Gasteiger partial charge in [-0.3, -0.25) is 9.98 Å². The third-order valence-electron chi connectivity index (χ3n) is 5.59. The second-order valence-corrected chi connectivity index (χ2v) is 22.5. The summed E-state index contributed by atoms with van der Waals surface area (Å²) in [4.78, 5) is 14.1. The van der Waals surface area contributed by atoms with E-state index >= 15 is 0 Å². The molecule has 3 aromatic rings. The van der Waals surface area contributed by atoms with Crippen LogP contribution in [0.25, 0.3) is 0 Å². The Morgan fingerprint density at radius 2 is 1.06 bits per heavy atom. The Bertz CT molecular complexity index is 1110. The zero-order valence-corrected chi connectivity index (χ0v) is 26.4. The van der Waals surface area contributed by atoms with Crippen molar-refractivity contribution in [2.24, 2.45) is 9.98 Å². The standard InChI is InChI=1S/C27H35N3Si2.2ClH.Fe/c1-20-16-24(31(3,4)5)12-14-26(20)28-18-22-10-9-11-23(30-22)19-29-27-15-13-25(17-21(27)2)32(6,7)8;;;/h9-19H,1-8H3;2*1H;/q;;;+2/p-2. The summed E-state index contributed by atoms with van der Waals surface area (Å²) in [7, 11) is 6.90. The summed E-state index contributed by atoms with van der Waals surface area (Å²) in [6, 6.07) is 19.2. The molecule has 35 heavy (non-hydrogen) atoms. The summed E-state index contributed by atoms with van der Waals surface area (Å²) in [5.41, 5.74) is 6.05. The summed E-state index contributed by atoms with van der Waals surface area (Å²) < 4.78 is 0. The molecule has 8 heteroatoms. The number of nitrogens with zero attached hydrogens (tertiary/aromatic N) is 3. The van der Waals surface area contributed by atoms with Crippen LogP contribution in [0.15, 0.2) is 64.6 Å². The van der Waals surface area contributed by atoms with Crippen molar-refractivity contribution in [2.45, 2.75) is 53.1 Å². The monoisotopic (exact) mass is 583 g/mol. The summed E-state index contributed by atoms with van der Waals surface area (Å²) in [5.74, 6) is 0. The van der Waals surface area contributed by atoms with E-state index in [0.29, 0.717) is 0 Å². The van der Waals surface area contributed by atoms with Crippen molar-refractivity contribution < 1.29 is 13.1 Å². The van der Waals surface area contributed by atoms with Gasteiger partial charge in [0.05, 0.1) is 51.3 Å². The van der Waals surface area contributed by atoms with Crippen molar-refractivity contribution in [3.8, 4) is 0 Å². The van der Waals surface area contributed by atoms with Gasteiger partial charge in [-0.2, -0.15) is 0 Å². The van der Waals surface area contributed by atoms with Crippen LogP contribution in [0.5, 0.6) is 0 Å². The van der Waals surface area contributed by atoms with Crippen LogP contribution in [0, 0.1) is 13.8 Å². The Balaban J connectivity index is 0.00000137. The van der Waals surface area contributed by atoms with Crippen LogP contribution in [0.3, 0.4) is 0 Å². The van der Waals surface area contributed by atoms with Gasteiger partial charge in [-0.25, -0.2) is 4.98 Å². The Morgan fingerprint density at radius 1 is 0.686 bits per heavy atom. The van der Waals surface area contributed by atoms with Crippen molar-refractivity contribution in [1.82, 2.24) is 4.98 Å². The summed E-state index contributed by atoms with van der Waals surface area (Å²) >= 11 is 0.194. The molecule has 188 valence electrons. The van der Waals surface area contributed by atoms with Gasteiger partial charge in [0.1, 0.15) is 0 Å². The number of aryl methyl sites for hydroxylation is 2. The Morgan fingerprint density at radius 3 is 1.37 bits per heavy atom. The van der Waals surface area contributed by atoms with Crippen LogP contribution in [-0.4, -0.2) is 33.6 Å². The third kappa shape index (κ3) is 9.45. The normalized spacial score (nSPS) is 12.3. The molecule has 0 bridgehead atoms. The van der Waals surface area contributed by atoms with Crippen LogP contribution in [0.2, 0.25) is 39.3 Å². The quantitative estimate of drug-likeness (QED) is 0.217. The Labute approximate surface area is 227 Å². The molecule has 0 unspecified atom stereocenters. The summed E-state index contributed by atoms with van der Waals surface area (Å²) in [6.45, 7) is 18.4. The fourth-order valence-electron chi connectivity index (χ4n) is 3.42. The van der Waals surface area contributed by atoms with E-state index in [4.69, 9.17) is 35.2 Å². The fourth-order valence-corrected chi connectivity index (χ4v) is 5.88. The zero-order chi connectivity index (χ0) is 26.2. The average molecular weight is 585 g/mol. The van der Waals surface area contributed by atoms with E-state index in [2.05, 4.69) is 89.5 Å². The van der Waals surface area contributed by atoms with Crippen molar-refractivity contribution in [3.63, 3.8) is 0 Å². The minimum atomic E-state index is -1.31. The molecule has 3 rings (SSSR count). The van der Waals surface area contributed by atoms with Crippen LogP contribution in [0.4, 0.5) is 11.4 Å². The van der Waals surface area contributed by atoms with Gasteiger partial charge < -0.3 is 0 Å². The van der Waals surface area contributed by atoms with E-state index in [1.54, 1.807) is 0 Å². The first-order valence-electron chi connectivity index (χ1n) is 11.5. The second kappa shape index (κ2) is 13.1. The Hall–Kier alpha value is -1.54. The molecule has 0 aliphatic heterocycles. The van der Waals surface area contributed by atoms with Gasteiger partial charge in [0.25, 0.3) is 0 Å². The van der Waals surface area contributed by atoms with Crippen LogP contribution in [0.1, 0.15) is 22.5 Å². The first kappa shape index (κ1) is 29.7. The van der Waals surface area contributed by atoms with Crippen molar-refractivity contribution in [1.29, 1.82) is 0 Å². The molecular formula is C27H35Cl2FeN3Si2. The van der Waals surface area contributed by atoms with Gasteiger partial charge in [-0.05, 0) is 49.2 Å². The molecule has 0 aliphatic carbocycles. The summed E-state index contributed by atoms with van der Waals surface area (Å²) in [5, 5.41) is 2.91. The van der Waals surface area contributed by atoms with E-state index in [9.17, 15) is 0 Å². The topological polar surface area (TPSA) is 37.6 Å². The molecule has 0 saturated heterocycles. The maximum absolute atomic E-state index is 4.76. The van der Waals surface area contributed by atoms with Gasteiger partial charge in [0.15, 0.2) is 0 Å².